The Hall–Kier alpha value is -3.72. The van der Waals surface area contributed by atoms with Crippen LogP contribution in [0, 0.1) is 0 Å². The molecule has 0 bridgehead atoms. The van der Waals surface area contributed by atoms with Crippen LogP contribution >= 0.6 is 0 Å². The van der Waals surface area contributed by atoms with Gasteiger partial charge in [0, 0.05) is 19.2 Å². The molecule has 2 aliphatic heterocycles. The zero-order valence-electron chi connectivity index (χ0n) is 24.6. The third kappa shape index (κ3) is 5.30. The Balaban J connectivity index is 1.62. The second-order valence-corrected chi connectivity index (χ2v) is 11.9. The highest BCUT2D eigenvalue weighted by molar-refractivity contribution is 5.70. The van der Waals surface area contributed by atoms with Gasteiger partial charge in [0.05, 0.1) is 31.5 Å². The fourth-order valence-corrected chi connectivity index (χ4v) is 6.21. The number of halogens is 3. The topological polar surface area (TPSA) is 51.2 Å². The van der Waals surface area contributed by atoms with E-state index in [9.17, 15) is 18.0 Å². The lowest BCUT2D eigenvalue weighted by atomic mass is 9.84. The first-order chi connectivity index (χ1) is 19.9. The van der Waals surface area contributed by atoms with Gasteiger partial charge in [0.2, 0.25) is 5.60 Å². The van der Waals surface area contributed by atoms with Crippen molar-refractivity contribution in [2.45, 2.75) is 69.7 Å². The number of ether oxygens (including phenoxy) is 3. The van der Waals surface area contributed by atoms with Crippen molar-refractivity contribution in [3.63, 3.8) is 0 Å². The van der Waals surface area contributed by atoms with Gasteiger partial charge < -0.3 is 19.1 Å². The number of carbonyl (C=O) groups excluding carboxylic acids is 1. The second kappa shape index (κ2) is 11.2. The van der Waals surface area contributed by atoms with Crippen molar-refractivity contribution in [2.24, 2.45) is 0 Å². The number of likely N-dealkylation sites (tertiary alicyclic amines) is 1. The molecule has 0 aromatic heterocycles. The molecule has 1 amide bonds. The van der Waals surface area contributed by atoms with Crippen LogP contribution in [-0.2, 0) is 21.7 Å². The van der Waals surface area contributed by atoms with Crippen molar-refractivity contribution in [3.8, 4) is 5.75 Å². The molecular formula is C33H37F3N2O4. The van der Waals surface area contributed by atoms with Crippen molar-refractivity contribution >= 4 is 11.8 Å². The summed E-state index contributed by atoms with van der Waals surface area (Å²) in [6.45, 7) is 5.78. The highest BCUT2D eigenvalue weighted by Crippen LogP contribution is 2.54. The standard InChI is InChI=1S/C33H37F3N2O4/c1-31(2,3)42-30(39)38-18-12-17-26(29(38)22-13-8-6-9-14-22)37(4)27-20-25-23(19-28(27)40-5)21-41-32(25,33(34,35)36)24-15-10-7-11-16-24/h6-11,13-16,19-20,26,29H,12,17-18,21H2,1-5H3/t26-,29-,32?/m0/s1. The molecule has 0 spiro atoms. The van der Waals surface area contributed by atoms with Crippen LogP contribution in [0.5, 0.6) is 5.75 Å². The average molecular weight is 583 g/mol. The van der Waals surface area contributed by atoms with Crippen molar-refractivity contribution in [3.05, 3.63) is 95.1 Å². The van der Waals surface area contributed by atoms with Crippen LogP contribution in [0.1, 0.15) is 61.9 Å². The summed E-state index contributed by atoms with van der Waals surface area (Å²) in [6.07, 6.45) is -3.74. The molecule has 1 fully saturated rings. The molecule has 0 N–H and O–H groups in total. The first kappa shape index (κ1) is 29.8. The number of hydrogen-bond donors (Lipinski definition) is 0. The summed E-state index contributed by atoms with van der Waals surface area (Å²) in [6, 6.07) is 19.9. The van der Waals surface area contributed by atoms with Gasteiger partial charge in [0.1, 0.15) is 11.4 Å². The molecule has 42 heavy (non-hydrogen) atoms. The third-order valence-corrected chi connectivity index (χ3v) is 8.05. The first-order valence-electron chi connectivity index (χ1n) is 14.1. The summed E-state index contributed by atoms with van der Waals surface area (Å²) in [5.74, 6) is 0.437. The van der Waals surface area contributed by atoms with E-state index in [1.54, 1.807) is 35.2 Å². The zero-order chi connectivity index (χ0) is 30.3. The molecule has 2 aliphatic rings. The van der Waals surface area contributed by atoms with Crippen molar-refractivity contribution in [2.75, 3.05) is 25.6 Å². The lowest BCUT2D eigenvalue weighted by Gasteiger charge is -2.46. The molecule has 0 radical (unpaired) electrons. The number of piperidine rings is 1. The van der Waals surface area contributed by atoms with E-state index < -0.39 is 29.5 Å². The van der Waals surface area contributed by atoms with Crippen molar-refractivity contribution in [1.82, 2.24) is 4.90 Å². The highest BCUT2D eigenvalue weighted by atomic mass is 19.4. The maximum absolute atomic E-state index is 15.0. The van der Waals surface area contributed by atoms with Crippen LogP contribution in [0.25, 0.3) is 0 Å². The summed E-state index contributed by atoms with van der Waals surface area (Å²) >= 11 is 0. The molecule has 0 saturated carbocycles. The maximum atomic E-state index is 15.0. The smallest absolute Gasteiger partial charge is 0.426 e. The Morgan fingerprint density at radius 3 is 2.26 bits per heavy atom. The summed E-state index contributed by atoms with van der Waals surface area (Å²) in [5, 5.41) is 0. The van der Waals surface area contributed by atoms with Gasteiger partial charge in [0.25, 0.3) is 0 Å². The van der Waals surface area contributed by atoms with E-state index in [4.69, 9.17) is 14.2 Å². The van der Waals surface area contributed by atoms with E-state index in [0.29, 0.717) is 36.4 Å². The van der Waals surface area contributed by atoms with Gasteiger partial charge in [-0.2, -0.15) is 13.2 Å². The van der Waals surface area contributed by atoms with Crippen LogP contribution in [0.4, 0.5) is 23.7 Å². The van der Waals surface area contributed by atoms with E-state index in [0.717, 1.165) is 5.56 Å². The van der Waals surface area contributed by atoms with E-state index in [-0.39, 0.29) is 23.8 Å². The molecule has 2 heterocycles. The van der Waals surface area contributed by atoms with E-state index in [2.05, 4.69) is 0 Å². The molecule has 6 nitrogen and oxygen atoms in total. The number of benzene rings is 3. The number of nitrogens with zero attached hydrogens (tertiary/aromatic N) is 2. The molecule has 1 unspecified atom stereocenters. The average Bonchev–Trinajstić information content (AvgIpc) is 3.35. The number of likely N-dealkylation sites (N-methyl/N-ethyl adjacent to an activating group) is 1. The Bertz CT molecular complexity index is 1410. The number of amides is 1. The molecule has 224 valence electrons. The molecule has 3 atom stereocenters. The van der Waals surface area contributed by atoms with Gasteiger partial charge in [-0.3, -0.25) is 4.90 Å². The Kier molecular flexibility index (Phi) is 7.91. The second-order valence-electron chi connectivity index (χ2n) is 11.9. The number of carbonyl (C=O) groups is 1. The Morgan fingerprint density at radius 1 is 1.02 bits per heavy atom. The Morgan fingerprint density at radius 2 is 1.67 bits per heavy atom. The minimum atomic E-state index is -4.71. The van der Waals surface area contributed by atoms with Crippen LogP contribution in [-0.4, -0.2) is 49.5 Å². The summed E-state index contributed by atoms with van der Waals surface area (Å²) < 4.78 is 62.1. The lowest BCUT2D eigenvalue weighted by molar-refractivity contribution is -0.262. The predicted octanol–water partition coefficient (Wildman–Crippen LogP) is 7.61. The number of rotatable bonds is 5. The minimum Gasteiger partial charge on any atom is -0.495 e. The molecule has 0 aliphatic carbocycles. The zero-order valence-corrected chi connectivity index (χ0v) is 24.6. The fraction of sp³-hybridized carbons (Fsp3) is 0.424. The lowest BCUT2D eigenvalue weighted by Crippen LogP contribution is -2.52. The van der Waals surface area contributed by atoms with Gasteiger partial charge in [0.15, 0.2) is 0 Å². The van der Waals surface area contributed by atoms with Crippen LogP contribution < -0.4 is 9.64 Å². The highest BCUT2D eigenvalue weighted by Gasteiger charge is 2.62. The number of alkyl halides is 3. The van der Waals surface area contributed by atoms with Gasteiger partial charge in [-0.25, -0.2) is 4.79 Å². The number of hydrogen-bond acceptors (Lipinski definition) is 5. The molecular weight excluding hydrogens is 545 g/mol. The van der Waals surface area contributed by atoms with E-state index in [1.807, 2.05) is 63.1 Å². The minimum absolute atomic E-state index is 0.0194. The predicted molar refractivity (Wildman–Crippen MR) is 155 cm³/mol. The molecule has 1 saturated heterocycles. The number of fused-ring (bicyclic) bond motifs is 1. The monoisotopic (exact) mass is 582 g/mol. The molecule has 5 rings (SSSR count). The van der Waals surface area contributed by atoms with Crippen molar-refractivity contribution in [1.29, 1.82) is 0 Å². The number of methoxy groups -OCH3 is 1. The summed E-state index contributed by atoms with van der Waals surface area (Å²) in [4.78, 5) is 17.1. The van der Waals surface area contributed by atoms with Crippen LogP contribution in [0.3, 0.4) is 0 Å². The maximum Gasteiger partial charge on any atom is 0.426 e. The molecule has 3 aromatic rings. The van der Waals surface area contributed by atoms with Gasteiger partial charge in [-0.05, 0) is 62.4 Å². The fourth-order valence-electron chi connectivity index (χ4n) is 6.21. The quantitative estimate of drug-likeness (QED) is 0.310. The van der Waals surface area contributed by atoms with Gasteiger partial charge in [-0.1, -0.05) is 60.7 Å². The Labute approximate surface area is 245 Å². The summed E-state index contributed by atoms with van der Waals surface area (Å²) in [7, 11) is 3.35. The van der Waals surface area contributed by atoms with Crippen LogP contribution in [0.15, 0.2) is 72.8 Å². The third-order valence-electron chi connectivity index (χ3n) is 8.05. The molecule has 3 aromatic carbocycles. The van der Waals surface area contributed by atoms with Gasteiger partial charge >= 0.3 is 12.3 Å². The largest absolute Gasteiger partial charge is 0.495 e. The van der Waals surface area contributed by atoms with Gasteiger partial charge in [-0.15, -0.1) is 0 Å². The number of anilines is 1. The van der Waals surface area contributed by atoms with Crippen LogP contribution in [0.2, 0.25) is 0 Å². The summed E-state index contributed by atoms with van der Waals surface area (Å²) in [5.41, 5.74) is -1.41. The van der Waals surface area contributed by atoms with Crippen molar-refractivity contribution < 1.29 is 32.2 Å². The normalized spacial score (nSPS) is 22.4. The SMILES string of the molecule is COc1cc2c(cc1N(C)[C@H]1CCCN(C(=O)OC(C)(C)C)[C@H]1c1ccccc1)C(c1ccccc1)(C(F)(F)F)OC2. The first-order valence-corrected chi connectivity index (χ1v) is 14.1. The van der Waals surface area contributed by atoms with E-state index >= 15 is 0 Å². The molecule has 9 heteroatoms. The van der Waals surface area contributed by atoms with E-state index in [1.165, 1.54) is 19.2 Å².